The van der Waals surface area contributed by atoms with E-state index < -0.39 is 0 Å². The third-order valence-electron chi connectivity index (χ3n) is 4.60. The molecular formula is C21H21FN6O2. The molecule has 0 atom stereocenters. The number of hydrogen-bond donors (Lipinski definition) is 1. The van der Waals surface area contributed by atoms with Gasteiger partial charge in [-0.15, -0.1) is 5.10 Å². The largest absolute Gasteiger partial charge is 0.495 e. The smallest absolute Gasteiger partial charge is 0.226 e. The van der Waals surface area contributed by atoms with E-state index in [0.29, 0.717) is 29.0 Å². The number of ether oxygens (including phenoxy) is 2. The van der Waals surface area contributed by atoms with Gasteiger partial charge in [-0.05, 0) is 37.3 Å². The number of nitrogens with one attached hydrogen (secondary N) is 1. The fourth-order valence-electron chi connectivity index (χ4n) is 3.10. The second-order valence-electron chi connectivity index (χ2n) is 6.66. The van der Waals surface area contributed by atoms with E-state index in [4.69, 9.17) is 9.47 Å². The lowest BCUT2D eigenvalue weighted by atomic mass is 10.1. The van der Waals surface area contributed by atoms with Gasteiger partial charge in [-0.25, -0.2) is 14.1 Å². The lowest BCUT2D eigenvalue weighted by Crippen LogP contribution is -2.02. The van der Waals surface area contributed by atoms with Gasteiger partial charge in [0.25, 0.3) is 0 Å². The van der Waals surface area contributed by atoms with Gasteiger partial charge in [-0.2, -0.15) is 4.98 Å². The highest BCUT2D eigenvalue weighted by Crippen LogP contribution is 2.31. The van der Waals surface area contributed by atoms with Crippen molar-refractivity contribution in [3.8, 4) is 28.6 Å². The average Bonchev–Trinajstić information content (AvgIpc) is 3.33. The minimum Gasteiger partial charge on any atom is -0.495 e. The Balaban J connectivity index is 1.67. The average molecular weight is 408 g/mol. The highest BCUT2D eigenvalue weighted by Gasteiger charge is 2.15. The predicted octanol–water partition coefficient (Wildman–Crippen LogP) is 3.88. The van der Waals surface area contributed by atoms with Crippen LogP contribution in [-0.2, 0) is 7.05 Å². The molecule has 0 spiro atoms. The molecule has 0 aliphatic heterocycles. The normalized spacial score (nSPS) is 10.8. The Hall–Kier alpha value is -3.88. The topological polar surface area (TPSA) is 79.0 Å². The van der Waals surface area contributed by atoms with Crippen molar-refractivity contribution >= 4 is 11.6 Å². The third-order valence-corrected chi connectivity index (χ3v) is 4.60. The molecule has 0 aliphatic carbocycles. The first-order chi connectivity index (χ1) is 14.5. The number of hydrogen-bond acceptors (Lipinski definition) is 6. The summed E-state index contributed by atoms with van der Waals surface area (Å²) in [7, 11) is 4.89. The minimum absolute atomic E-state index is 0.379. The SMILES string of the molecule is COc1ccc(F)cc1Nc1nc(-c2ccc(-n3cnc(C)c3)c(OC)c2)nn1C. The van der Waals surface area contributed by atoms with Crippen molar-refractivity contribution in [1.82, 2.24) is 24.3 Å². The fraction of sp³-hybridized carbons (Fsp3) is 0.190. The van der Waals surface area contributed by atoms with E-state index in [-0.39, 0.29) is 5.82 Å². The van der Waals surface area contributed by atoms with Crippen LogP contribution in [0.4, 0.5) is 16.0 Å². The van der Waals surface area contributed by atoms with Gasteiger partial charge < -0.3 is 19.4 Å². The Bertz CT molecular complexity index is 1200. The third kappa shape index (κ3) is 3.69. The molecular weight excluding hydrogens is 387 g/mol. The van der Waals surface area contributed by atoms with E-state index in [1.54, 1.807) is 31.2 Å². The standard InChI is InChI=1S/C21H21FN6O2/c1-13-11-28(12-23-13)17-7-5-14(9-19(17)30-4)20-25-21(27(2)26-20)24-16-10-15(22)6-8-18(16)29-3/h5-12H,1-4H3,(H,24,25,26). The first kappa shape index (κ1) is 19.4. The molecule has 0 aliphatic rings. The van der Waals surface area contributed by atoms with Crippen molar-refractivity contribution in [3.05, 3.63) is 60.4 Å². The van der Waals surface area contributed by atoms with E-state index in [9.17, 15) is 4.39 Å². The van der Waals surface area contributed by atoms with Crippen molar-refractivity contribution in [3.63, 3.8) is 0 Å². The van der Waals surface area contributed by atoms with Gasteiger partial charge in [-0.3, -0.25) is 0 Å². The van der Waals surface area contributed by atoms with Gasteiger partial charge in [0.05, 0.1) is 37.6 Å². The molecule has 0 saturated carbocycles. The number of halogens is 1. The lowest BCUT2D eigenvalue weighted by molar-refractivity contribution is 0.413. The molecule has 2 aromatic carbocycles. The maximum atomic E-state index is 13.7. The van der Waals surface area contributed by atoms with Crippen molar-refractivity contribution in [2.75, 3.05) is 19.5 Å². The van der Waals surface area contributed by atoms with Crippen molar-refractivity contribution in [2.45, 2.75) is 6.92 Å². The summed E-state index contributed by atoms with van der Waals surface area (Å²) in [6, 6.07) is 9.94. The monoisotopic (exact) mass is 408 g/mol. The fourth-order valence-corrected chi connectivity index (χ4v) is 3.10. The van der Waals surface area contributed by atoms with Gasteiger partial charge in [-0.1, -0.05) is 0 Å². The van der Waals surface area contributed by atoms with E-state index in [1.165, 1.54) is 19.2 Å². The summed E-state index contributed by atoms with van der Waals surface area (Å²) >= 11 is 0. The van der Waals surface area contributed by atoms with Crippen LogP contribution in [0.25, 0.3) is 17.1 Å². The van der Waals surface area contributed by atoms with Crippen LogP contribution in [0.2, 0.25) is 0 Å². The van der Waals surface area contributed by atoms with Gasteiger partial charge in [0.2, 0.25) is 5.95 Å². The highest BCUT2D eigenvalue weighted by atomic mass is 19.1. The maximum Gasteiger partial charge on any atom is 0.226 e. The summed E-state index contributed by atoms with van der Waals surface area (Å²) in [5.74, 6) is 1.74. The number of methoxy groups -OCH3 is 2. The Morgan fingerprint density at radius 1 is 1.03 bits per heavy atom. The summed E-state index contributed by atoms with van der Waals surface area (Å²) in [4.78, 5) is 8.81. The van der Waals surface area contributed by atoms with Crippen molar-refractivity contribution < 1.29 is 13.9 Å². The number of nitrogens with zero attached hydrogens (tertiary/aromatic N) is 5. The molecule has 4 rings (SSSR count). The van der Waals surface area contributed by atoms with Crippen molar-refractivity contribution in [1.29, 1.82) is 0 Å². The first-order valence-electron chi connectivity index (χ1n) is 9.19. The molecule has 9 heteroatoms. The van der Waals surface area contributed by atoms with E-state index in [2.05, 4.69) is 20.4 Å². The summed E-state index contributed by atoms with van der Waals surface area (Å²) < 4.78 is 28.0. The molecule has 2 aromatic heterocycles. The summed E-state index contributed by atoms with van der Waals surface area (Å²) in [5, 5.41) is 7.54. The molecule has 30 heavy (non-hydrogen) atoms. The molecule has 0 unspecified atom stereocenters. The number of aryl methyl sites for hydroxylation is 2. The molecule has 0 radical (unpaired) electrons. The minimum atomic E-state index is -0.379. The van der Waals surface area contributed by atoms with Gasteiger partial charge in [0.1, 0.15) is 17.3 Å². The second-order valence-corrected chi connectivity index (χ2v) is 6.66. The summed E-state index contributed by atoms with van der Waals surface area (Å²) in [5.41, 5.74) is 3.02. The van der Waals surface area contributed by atoms with Gasteiger partial charge in [0.15, 0.2) is 5.82 Å². The lowest BCUT2D eigenvalue weighted by Gasteiger charge is -2.10. The van der Waals surface area contributed by atoms with E-state index in [0.717, 1.165) is 16.9 Å². The zero-order valence-electron chi connectivity index (χ0n) is 17.0. The zero-order valence-corrected chi connectivity index (χ0v) is 17.0. The van der Waals surface area contributed by atoms with Crippen molar-refractivity contribution in [2.24, 2.45) is 7.05 Å². The Morgan fingerprint density at radius 2 is 1.83 bits per heavy atom. The quantitative estimate of drug-likeness (QED) is 0.522. The summed E-state index contributed by atoms with van der Waals surface area (Å²) in [6.07, 6.45) is 3.66. The second kappa shape index (κ2) is 7.86. The Morgan fingerprint density at radius 3 is 2.53 bits per heavy atom. The number of anilines is 2. The molecule has 154 valence electrons. The molecule has 8 nitrogen and oxygen atoms in total. The van der Waals surface area contributed by atoms with E-state index >= 15 is 0 Å². The number of aromatic nitrogens is 5. The zero-order chi connectivity index (χ0) is 21.3. The van der Waals surface area contributed by atoms with Crippen LogP contribution < -0.4 is 14.8 Å². The van der Waals surface area contributed by atoms with Crippen LogP contribution in [0.1, 0.15) is 5.69 Å². The van der Waals surface area contributed by atoms with Crippen LogP contribution >= 0.6 is 0 Å². The Kier molecular flexibility index (Phi) is 5.09. The maximum absolute atomic E-state index is 13.7. The van der Waals surface area contributed by atoms with Crippen LogP contribution in [0.15, 0.2) is 48.9 Å². The molecule has 2 heterocycles. The molecule has 0 amide bonds. The van der Waals surface area contributed by atoms with Gasteiger partial charge >= 0.3 is 0 Å². The predicted molar refractivity (Wildman–Crippen MR) is 111 cm³/mol. The molecule has 0 saturated heterocycles. The van der Waals surface area contributed by atoms with Crippen LogP contribution in [0.3, 0.4) is 0 Å². The van der Waals surface area contributed by atoms with E-state index in [1.807, 2.05) is 35.9 Å². The van der Waals surface area contributed by atoms with Gasteiger partial charge in [0, 0.05) is 24.9 Å². The first-order valence-corrected chi connectivity index (χ1v) is 9.19. The molecule has 1 N–H and O–H groups in total. The highest BCUT2D eigenvalue weighted by molar-refractivity contribution is 5.67. The molecule has 0 fully saturated rings. The Labute approximate surface area is 172 Å². The molecule has 0 bridgehead atoms. The van der Waals surface area contributed by atoms with Crippen LogP contribution in [0, 0.1) is 12.7 Å². The number of rotatable bonds is 6. The number of imidazole rings is 1. The van der Waals surface area contributed by atoms with Crippen LogP contribution in [0.5, 0.6) is 11.5 Å². The molecule has 4 aromatic rings. The number of benzene rings is 2. The van der Waals surface area contributed by atoms with Crippen LogP contribution in [-0.4, -0.2) is 38.5 Å². The summed E-state index contributed by atoms with van der Waals surface area (Å²) in [6.45, 7) is 1.93.